The summed E-state index contributed by atoms with van der Waals surface area (Å²) >= 11 is 0. The first-order chi connectivity index (χ1) is 7.59. The molecule has 5 nitrogen and oxygen atoms in total. The smallest absolute Gasteiger partial charge is 0.154 e. The number of rotatable bonds is 5. The third kappa shape index (κ3) is 3.61. The Morgan fingerprint density at radius 2 is 2.25 bits per heavy atom. The summed E-state index contributed by atoms with van der Waals surface area (Å²) in [5.74, 6) is -0.104. The van der Waals surface area contributed by atoms with Crippen molar-refractivity contribution in [1.82, 2.24) is 4.98 Å². The van der Waals surface area contributed by atoms with Crippen LogP contribution < -0.4 is 5.73 Å². The van der Waals surface area contributed by atoms with Crippen molar-refractivity contribution in [2.45, 2.75) is 12.2 Å². The van der Waals surface area contributed by atoms with E-state index in [1.807, 2.05) is 6.07 Å². The van der Waals surface area contributed by atoms with Crippen LogP contribution in [-0.2, 0) is 15.6 Å². The zero-order chi connectivity index (χ0) is 12.0. The molecule has 0 bridgehead atoms. The van der Waals surface area contributed by atoms with E-state index in [-0.39, 0.29) is 17.2 Å². The van der Waals surface area contributed by atoms with E-state index in [0.717, 1.165) is 0 Å². The molecule has 0 atom stereocenters. The summed E-state index contributed by atoms with van der Waals surface area (Å²) in [6, 6.07) is 5.10. The average molecular weight is 239 g/mol. The number of nitriles is 1. The number of nitrogens with zero attached hydrogens (tertiary/aromatic N) is 2. The second kappa shape index (κ2) is 5.58. The third-order valence-corrected chi connectivity index (χ3v) is 3.69. The topological polar surface area (TPSA) is 96.8 Å². The summed E-state index contributed by atoms with van der Waals surface area (Å²) in [5, 5.41) is 8.76. The molecular formula is C10H13N3O2S. The Balaban J connectivity index is 2.85. The highest BCUT2D eigenvalue weighted by atomic mass is 32.2. The highest BCUT2D eigenvalue weighted by molar-refractivity contribution is 7.90. The third-order valence-electron chi connectivity index (χ3n) is 2.03. The van der Waals surface area contributed by atoms with E-state index in [1.165, 1.54) is 6.20 Å². The lowest BCUT2D eigenvalue weighted by Gasteiger charge is -2.04. The van der Waals surface area contributed by atoms with Crippen LogP contribution in [0.3, 0.4) is 0 Å². The molecule has 0 saturated carbocycles. The maximum atomic E-state index is 11.6. The van der Waals surface area contributed by atoms with Crippen LogP contribution in [0.4, 0.5) is 0 Å². The van der Waals surface area contributed by atoms with Crippen molar-refractivity contribution in [3.05, 3.63) is 29.6 Å². The van der Waals surface area contributed by atoms with Crippen LogP contribution in [0.5, 0.6) is 0 Å². The lowest BCUT2D eigenvalue weighted by Crippen LogP contribution is -2.14. The van der Waals surface area contributed by atoms with Gasteiger partial charge in [-0.2, -0.15) is 5.26 Å². The normalized spacial score (nSPS) is 11.0. The number of nitrogens with two attached hydrogens (primary N) is 1. The van der Waals surface area contributed by atoms with Gasteiger partial charge < -0.3 is 5.73 Å². The summed E-state index contributed by atoms with van der Waals surface area (Å²) < 4.78 is 23.3. The standard InChI is InChI=1S/C10H13N3O2S/c11-4-2-6-16(14,15)8-9-3-1-5-13-10(9)7-12/h1,3,5H,2,4,6,8,11H2. The summed E-state index contributed by atoms with van der Waals surface area (Å²) in [6.45, 7) is 0.345. The molecule has 0 aromatic carbocycles. The molecule has 2 N–H and O–H groups in total. The van der Waals surface area contributed by atoms with E-state index < -0.39 is 9.84 Å². The zero-order valence-electron chi connectivity index (χ0n) is 8.76. The molecule has 0 amide bonds. The molecule has 1 aromatic heterocycles. The quantitative estimate of drug-likeness (QED) is 0.792. The summed E-state index contributed by atoms with van der Waals surface area (Å²) in [5.41, 5.74) is 5.87. The molecule has 0 fully saturated rings. The molecule has 1 heterocycles. The van der Waals surface area contributed by atoms with E-state index in [0.29, 0.717) is 18.5 Å². The molecule has 86 valence electrons. The van der Waals surface area contributed by atoms with Gasteiger partial charge >= 0.3 is 0 Å². The predicted molar refractivity (Wildman–Crippen MR) is 60.1 cm³/mol. The highest BCUT2D eigenvalue weighted by Gasteiger charge is 2.14. The van der Waals surface area contributed by atoms with Gasteiger partial charge in [0, 0.05) is 11.8 Å². The second-order valence-corrected chi connectivity index (χ2v) is 5.54. The van der Waals surface area contributed by atoms with Gasteiger partial charge in [-0.15, -0.1) is 0 Å². The van der Waals surface area contributed by atoms with Gasteiger partial charge in [0.1, 0.15) is 11.8 Å². The lowest BCUT2D eigenvalue weighted by atomic mass is 10.2. The maximum Gasteiger partial charge on any atom is 0.154 e. The van der Waals surface area contributed by atoms with Gasteiger partial charge in [-0.1, -0.05) is 6.07 Å². The molecule has 0 saturated heterocycles. The van der Waals surface area contributed by atoms with Crippen molar-refractivity contribution < 1.29 is 8.42 Å². The fraction of sp³-hybridized carbons (Fsp3) is 0.400. The number of hydrogen-bond donors (Lipinski definition) is 1. The van der Waals surface area contributed by atoms with Gasteiger partial charge in [0.25, 0.3) is 0 Å². The largest absolute Gasteiger partial charge is 0.330 e. The first kappa shape index (κ1) is 12.6. The molecule has 0 unspecified atom stereocenters. The van der Waals surface area contributed by atoms with Gasteiger partial charge in [0.05, 0.1) is 11.5 Å². The van der Waals surface area contributed by atoms with Crippen LogP contribution in [0.2, 0.25) is 0 Å². The predicted octanol–water partition coefficient (Wildman–Crippen LogP) is 0.217. The number of hydrogen-bond acceptors (Lipinski definition) is 5. The highest BCUT2D eigenvalue weighted by Crippen LogP contribution is 2.10. The SMILES string of the molecule is N#Cc1ncccc1CS(=O)(=O)CCCN. The van der Waals surface area contributed by atoms with E-state index in [1.54, 1.807) is 12.1 Å². The van der Waals surface area contributed by atoms with E-state index in [4.69, 9.17) is 11.0 Å². The van der Waals surface area contributed by atoms with Crippen molar-refractivity contribution in [3.63, 3.8) is 0 Å². The molecule has 1 aromatic rings. The summed E-state index contributed by atoms with van der Waals surface area (Å²) in [7, 11) is -3.20. The molecule has 16 heavy (non-hydrogen) atoms. The molecule has 0 spiro atoms. The lowest BCUT2D eigenvalue weighted by molar-refractivity contribution is 0.592. The van der Waals surface area contributed by atoms with E-state index in [9.17, 15) is 8.42 Å². The molecule has 0 radical (unpaired) electrons. The molecule has 0 aliphatic carbocycles. The molecular weight excluding hydrogens is 226 g/mol. The minimum absolute atomic E-state index is 0.0449. The molecule has 1 rings (SSSR count). The van der Waals surface area contributed by atoms with Crippen molar-refractivity contribution in [1.29, 1.82) is 5.26 Å². The number of sulfone groups is 1. The Kier molecular flexibility index (Phi) is 4.40. The Hall–Kier alpha value is -1.45. The van der Waals surface area contributed by atoms with Gasteiger partial charge in [-0.05, 0) is 19.0 Å². The fourth-order valence-corrected chi connectivity index (χ4v) is 2.73. The average Bonchev–Trinajstić information content (AvgIpc) is 2.27. The minimum Gasteiger partial charge on any atom is -0.330 e. The van der Waals surface area contributed by atoms with Crippen molar-refractivity contribution in [2.24, 2.45) is 5.73 Å². The van der Waals surface area contributed by atoms with Gasteiger partial charge in [-0.25, -0.2) is 13.4 Å². The van der Waals surface area contributed by atoms with Crippen molar-refractivity contribution in [3.8, 4) is 6.07 Å². The van der Waals surface area contributed by atoms with Gasteiger partial charge in [-0.3, -0.25) is 0 Å². The van der Waals surface area contributed by atoms with Crippen LogP contribution in [0.25, 0.3) is 0 Å². The molecule has 0 aliphatic heterocycles. The molecule has 0 aliphatic rings. The van der Waals surface area contributed by atoms with Gasteiger partial charge in [0.2, 0.25) is 0 Å². The summed E-state index contributed by atoms with van der Waals surface area (Å²) in [6.07, 6.45) is 1.90. The fourth-order valence-electron chi connectivity index (χ4n) is 1.27. The Morgan fingerprint density at radius 1 is 1.50 bits per heavy atom. The monoisotopic (exact) mass is 239 g/mol. The number of pyridine rings is 1. The van der Waals surface area contributed by atoms with Crippen LogP contribution >= 0.6 is 0 Å². The van der Waals surface area contributed by atoms with Crippen LogP contribution in [0, 0.1) is 11.3 Å². The molecule has 6 heteroatoms. The maximum absolute atomic E-state index is 11.6. The Morgan fingerprint density at radius 3 is 2.88 bits per heavy atom. The first-order valence-corrected chi connectivity index (χ1v) is 6.65. The van der Waals surface area contributed by atoms with Crippen LogP contribution in [0.15, 0.2) is 18.3 Å². The first-order valence-electron chi connectivity index (χ1n) is 4.83. The van der Waals surface area contributed by atoms with Crippen molar-refractivity contribution >= 4 is 9.84 Å². The Labute approximate surface area is 94.8 Å². The summed E-state index contributed by atoms with van der Waals surface area (Å²) in [4.78, 5) is 3.81. The minimum atomic E-state index is -3.20. The van der Waals surface area contributed by atoms with Crippen LogP contribution in [0.1, 0.15) is 17.7 Å². The van der Waals surface area contributed by atoms with Crippen molar-refractivity contribution in [2.75, 3.05) is 12.3 Å². The number of aromatic nitrogens is 1. The van der Waals surface area contributed by atoms with E-state index >= 15 is 0 Å². The zero-order valence-corrected chi connectivity index (χ0v) is 9.57. The van der Waals surface area contributed by atoms with Gasteiger partial charge in [0.15, 0.2) is 9.84 Å². The Bertz CT molecular complexity index is 491. The second-order valence-electron chi connectivity index (χ2n) is 3.36. The van der Waals surface area contributed by atoms with Crippen LogP contribution in [-0.4, -0.2) is 25.7 Å². The van der Waals surface area contributed by atoms with E-state index in [2.05, 4.69) is 4.98 Å².